The summed E-state index contributed by atoms with van der Waals surface area (Å²) in [6.45, 7) is 3.10. The molecular weight excluding hydrogens is 304 g/mol. The van der Waals surface area contributed by atoms with Gasteiger partial charge in [0.1, 0.15) is 5.82 Å². The average molecular weight is 330 g/mol. The highest BCUT2D eigenvalue weighted by atomic mass is 16.2. The van der Waals surface area contributed by atoms with Gasteiger partial charge in [-0.2, -0.15) is 0 Å². The Bertz CT molecular complexity index is 598. The van der Waals surface area contributed by atoms with Crippen LogP contribution in [0.4, 0.5) is 5.82 Å². The van der Waals surface area contributed by atoms with Crippen LogP contribution in [-0.2, 0) is 4.79 Å². The Hall–Kier alpha value is -2.11. The van der Waals surface area contributed by atoms with Gasteiger partial charge in [-0.15, -0.1) is 0 Å². The molecule has 6 heteroatoms. The van der Waals surface area contributed by atoms with Gasteiger partial charge in [0.25, 0.3) is 0 Å². The number of anilines is 1. The number of primary amides is 1. The predicted molar refractivity (Wildman–Crippen MR) is 92.7 cm³/mol. The third-order valence-electron chi connectivity index (χ3n) is 5.14. The summed E-state index contributed by atoms with van der Waals surface area (Å²) in [6.07, 6.45) is 8.18. The van der Waals surface area contributed by atoms with E-state index in [2.05, 4.69) is 9.88 Å². The van der Waals surface area contributed by atoms with E-state index in [1.807, 2.05) is 4.90 Å². The minimum absolute atomic E-state index is 0.294. The highest BCUT2D eigenvalue weighted by Gasteiger charge is 2.24. The lowest BCUT2D eigenvalue weighted by Gasteiger charge is -2.24. The molecule has 1 aliphatic carbocycles. The number of hydrogen-bond donors (Lipinski definition) is 1. The number of nitrogens with zero attached hydrogens (tertiary/aromatic N) is 3. The number of carbonyl (C=O) groups excluding carboxylic acids is 2. The van der Waals surface area contributed by atoms with Gasteiger partial charge in [-0.05, 0) is 37.3 Å². The minimum atomic E-state index is -0.443. The molecule has 1 aromatic rings. The zero-order valence-corrected chi connectivity index (χ0v) is 14.1. The van der Waals surface area contributed by atoms with Gasteiger partial charge in [0.15, 0.2) is 0 Å². The summed E-state index contributed by atoms with van der Waals surface area (Å²) in [6, 6.07) is 3.36. The smallest absolute Gasteiger partial charge is 0.248 e. The SMILES string of the molecule is NC(=O)c1ccnc(N2CCCN(C(=O)CC3CCCC3)CC2)c1. The van der Waals surface area contributed by atoms with Gasteiger partial charge < -0.3 is 15.5 Å². The van der Waals surface area contributed by atoms with Gasteiger partial charge in [0, 0.05) is 44.4 Å². The summed E-state index contributed by atoms with van der Waals surface area (Å²) in [4.78, 5) is 32.3. The average Bonchev–Trinajstić information content (AvgIpc) is 2.96. The molecule has 0 unspecified atom stereocenters. The van der Waals surface area contributed by atoms with E-state index in [0.717, 1.165) is 31.9 Å². The second-order valence-corrected chi connectivity index (χ2v) is 6.84. The Morgan fingerprint density at radius 1 is 1.12 bits per heavy atom. The predicted octanol–water partition coefficient (Wildman–Crippen LogP) is 1.80. The maximum Gasteiger partial charge on any atom is 0.248 e. The first kappa shape index (κ1) is 16.7. The van der Waals surface area contributed by atoms with Crippen molar-refractivity contribution in [2.45, 2.75) is 38.5 Å². The fourth-order valence-electron chi connectivity index (χ4n) is 3.73. The van der Waals surface area contributed by atoms with Crippen molar-refractivity contribution >= 4 is 17.6 Å². The normalized spacial score (nSPS) is 19.3. The molecule has 2 N–H and O–H groups in total. The summed E-state index contributed by atoms with van der Waals surface area (Å²) in [5.74, 6) is 1.20. The van der Waals surface area contributed by atoms with Gasteiger partial charge >= 0.3 is 0 Å². The third kappa shape index (κ3) is 4.04. The first-order valence-electron chi connectivity index (χ1n) is 8.92. The van der Waals surface area contributed by atoms with Gasteiger partial charge in [-0.1, -0.05) is 12.8 Å². The van der Waals surface area contributed by atoms with Crippen molar-refractivity contribution in [1.82, 2.24) is 9.88 Å². The zero-order chi connectivity index (χ0) is 16.9. The standard InChI is InChI=1S/C18H26N4O2/c19-18(24)15-6-7-20-16(13-15)21-8-3-9-22(11-10-21)17(23)12-14-4-1-2-5-14/h6-7,13-14H,1-5,8-12H2,(H2,19,24). The van der Waals surface area contributed by atoms with Crippen molar-refractivity contribution in [2.24, 2.45) is 11.7 Å². The lowest BCUT2D eigenvalue weighted by molar-refractivity contribution is -0.131. The summed E-state index contributed by atoms with van der Waals surface area (Å²) in [7, 11) is 0. The molecule has 130 valence electrons. The Balaban J connectivity index is 1.59. The molecule has 2 aliphatic rings. The number of pyridine rings is 1. The Labute approximate surface area is 143 Å². The molecule has 2 heterocycles. The summed E-state index contributed by atoms with van der Waals surface area (Å²) >= 11 is 0. The number of rotatable bonds is 4. The summed E-state index contributed by atoms with van der Waals surface area (Å²) in [5.41, 5.74) is 5.82. The highest BCUT2D eigenvalue weighted by molar-refractivity contribution is 5.93. The van der Waals surface area contributed by atoms with E-state index in [1.54, 1.807) is 18.3 Å². The van der Waals surface area contributed by atoms with E-state index in [1.165, 1.54) is 25.7 Å². The van der Waals surface area contributed by atoms with Crippen molar-refractivity contribution in [3.8, 4) is 0 Å². The maximum absolute atomic E-state index is 12.5. The minimum Gasteiger partial charge on any atom is -0.366 e. The van der Waals surface area contributed by atoms with Crippen LogP contribution in [0.3, 0.4) is 0 Å². The van der Waals surface area contributed by atoms with Crippen LogP contribution in [0.1, 0.15) is 48.9 Å². The molecule has 1 saturated heterocycles. The van der Waals surface area contributed by atoms with Gasteiger partial charge in [-0.3, -0.25) is 9.59 Å². The Morgan fingerprint density at radius 3 is 2.67 bits per heavy atom. The molecule has 24 heavy (non-hydrogen) atoms. The van der Waals surface area contributed by atoms with E-state index in [0.29, 0.717) is 30.4 Å². The molecule has 2 amide bonds. The number of carbonyl (C=O) groups is 2. The second kappa shape index (κ2) is 7.64. The van der Waals surface area contributed by atoms with Crippen LogP contribution in [-0.4, -0.2) is 47.9 Å². The molecule has 0 atom stereocenters. The molecule has 0 radical (unpaired) electrons. The third-order valence-corrected chi connectivity index (χ3v) is 5.14. The number of amides is 2. The van der Waals surface area contributed by atoms with E-state index in [-0.39, 0.29) is 0 Å². The van der Waals surface area contributed by atoms with E-state index < -0.39 is 5.91 Å². The topological polar surface area (TPSA) is 79.5 Å². The van der Waals surface area contributed by atoms with Crippen LogP contribution < -0.4 is 10.6 Å². The lowest BCUT2D eigenvalue weighted by atomic mass is 10.0. The Morgan fingerprint density at radius 2 is 1.92 bits per heavy atom. The maximum atomic E-state index is 12.5. The Kier molecular flexibility index (Phi) is 5.33. The summed E-state index contributed by atoms with van der Waals surface area (Å²) in [5, 5.41) is 0. The van der Waals surface area contributed by atoms with Crippen LogP contribution in [0, 0.1) is 5.92 Å². The molecule has 0 aromatic carbocycles. The van der Waals surface area contributed by atoms with E-state index in [9.17, 15) is 9.59 Å². The first-order valence-corrected chi connectivity index (χ1v) is 8.92. The summed E-state index contributed by atoms with van der Waals surface area (Å²) < 4.78 is 0. The second-order valence-electron chi connectivity index (χ2n) is 6.84. The number of aromatic nitrogens is 1. The molecule has 3 rings (SSSR count). The first-order chi connectivity index (χ1) is 11.6. The van der Waals surface area contributed by atoms with Crippen molar-refractivity contribution in [2.75, 3.05) is 31.1 Å². The van der Waals surface area contributed by atoms with Crippen LogP contribution in [0.25, 0.3) is 0 Å². The van der Waals surface area contributed by atoms with Crippen molar-refractivity contribution in [1.29, 1.82) is 0 Å². The van der Waals surface area contributed by atoms with Crippen molar-refractivity contribution in [3.63, 3.8) is 0 Å². The van der Waals surface area contributed by atoms with Crippen molar-refractivity contribution < 1.29 is 9.59 Å². The largest absolute Gasteiger partial charge is 0.366 e. The van der Waals surface area contributed by atoms with Crippen LogP contribution >= 0.6 is 0 Å². The van der Waals surface area contributed by atoms with Crippen LogP contribution in [0.15, 0.2) is 18.3 Å². The van der Waals surface area contributed by atoms with Gasteiger partial charge in [0.2, 0.25) is 11.8 Å². The van der Waals surface area contributed by atoms with Gasteiger partial charge in [0.05, 0.1) is 0 Å². The van der Waals surface area contributed by atoms with Crippen LogP contribution in [0.5, 0.6) is 0 Å². The molecular formula is C18H26N4O2. The molecule has 0 spiro atoms. The molecule has 1 aliphatic heterocycles. The number of hydrogen-bond acceptors (Lipinski definition) is 4. The van der Waals surface area contributed by atoms with E-state index in [4.69, 9.17) is 5.73 Å². The highest BCUT2D eigenvalue weighted by Crippen LogP contribution is 2.28. The zero-order valence-electron chi connectivity index (χ0n) is 14.1. The molecule has 1 saturated carbocycles. The molecule has 0 bridgehead atoms. The molecule has 1 aromatic heterocycles. The lowest BCUT2D eigenvalue weighted by Crippen LogP contribution is -2.36. The quantitative estimate of drug-likeness (QED) is 0.913. The fourth-order valence-corrected chi connectivity index (χ4v) is 3.73. The van der Waals surface area contributed by atoms with Crippen molar-refractivity contribution in [3.05, 3.63) is 23.9 Å². The van der Waals surface area contributed by atoms with Crippen LogP contribution in [0.2, 0.25) is 0 Å². The number of nitrogens with two attached hydrogens (primary N) is 1. The van der Waals surface area contributed by atoms with Gasteiger partial charge in [-0.25, -0.2) is 4.98 Å². The molecule has 6 nitrogen and oxygen atoms in total. The monoisotopic (exact) mass is 330 g/mol. The fraction of sp³-hybridized carbons (Fsp3) is 0.611. The van der Waals surface area contributed by atoms with E-state index >= 15 is 0 Å². The molecule has 2 fully saturated rings.